The summed E-state index contributed by atoms with van der Waals surface area (Å²) in [4.78, 5) is 2.31. The highest BCUT2D eigenvalue weighted by Crippen LogP contribution is 2.41. The predicted octanol–water partition coefficient (Wildman–Crippen LogP) is 14.9. The molecule has 9 aromatic carbocycles. The Labute approximate surface area is 314 Å². The largest absolute Gasteiger partial charge is 0.456 e. The summed E-state index contributed by atoms with van der Waals surface area (Å²) in [6.07, 6.45) is 0. The van der Waals surface area contributed by atoms with Crippen LogP contribution in [0.3, 0.4) is 0 Å². The molecule has 0 aliphatic rings. The first-order chi connectivity index (χ1) is 26.7. The first-order valence-electron chi connectivity index (χ1n) is 18.4. The Hall–Kier alpha value is -7.16. The molecule has 54 heavy (non-hydrogen) atoms. The van der Waals surface area contributed by atoms with Gasteiger partial charge in [-0.25, -0.2) is 0 Å². The van der Waals surface area contributed by atoms with Crippen LogP contribution in [-0.4, -0.2) is 0 Å². The molecule has 2 heteroatoms. The van der Waals surface area contributed by atoms with Gasteiger partial charge >= 0.3 is 0 Å². The Bertz CT molecular complexity index is 2890. The topological polar surface area (TPSA) is 16.4 Å². The number of benzene rings is 9. The number of fused-ring (bicyclic) bond motifs is 4. The van der Waals surface area contributed by atoms with Gasteiger partial charge in [-0.3, -0.25) is 0 Å². The smallest absolute Gasteiger partial charge is 0.137 e. The van der Waals surface area contributed by atoms with Crippen molar-refractivity contribution in [1.29, 1.82) is 0 Å². The second kappa shape index (κ2) is 13.4. The Balaban J connectivity index is 1.04. The van der Waals surface area contributed by atoms with E-state index in [4.69, 9.17) is 4.42 Å². The minimum atomic E-state index is 0.862. The highest BCUT2D eigenvalue weighted by molar-refractivity contribution is 6.07. The molecule has 1 aromatic heterocycles. The lowest BCUT2D eigenvalue weighted by molar-refractivity contribution is 0.669. The van der Waals surface area contributed by atoms with Crippen LogP contribution in [0.2, 0.25) is 0 Å². The van der Waals surface area contributed by atoms with Crippen molar-refractivity contribution < 1.29 is 4.42 Å². The summed E-state index contributed by atoms with van der Waals surface area (Å²) in [6, 6.07) is 75.8. The number of hydrogen-bond donors (Lipinski definition) is 0. The third kappa shape index (κ3) is 5.81. The van der Waals surface area contributed by atoms with E-state index in [-0.39, 0.29) is 0 Å². The van der Waals surface area contributed by atoms with Gasteiger partial charge in [-0.05, 0) is 110 Å². The van der Waals surface area contributed by atoms with Crippen LogP contribution in [0.1, 0.15) is 0 Å². The highest BCUT2D eigenvalue weighted by Gasteiger charge is 2.17. The Morgan fingerprint density at radius 3 is 1.35 bits per heavy atom. The average Bonchev–Trinajstić information content (AvgIpc) is 3.62. The van der Waals surface area contributed by atoms with Crippen molar-refractivity contribution in [3.63, 3.8) is 0 Å². The summed E-state index contributed by atoms with van der Waals surface area (Å²) in [5.74, 6) is 0. The van der Waals surface area contributed by atoms with Gasteiger partial charge in [0.05, 0.1) is 0 Å². The van der Waals surface area contributed by atoms with E-state index in [0.29, 0.717) is 0 Å². The van der Waals surface area contributed by atoms with E-state index in [1.807, 2.05) is 6.07 Å². The minimum Gasteiger partial charge on any atom is -0.456 e. The Kier molecular flexibility index (Phi) is 7.85. The number of rotatable bonds is 7. The van der Waals surface area contributed by atoms with Gasteiger partial charge in [0.1, 0.15) is 11.2 Å². The van der Waals surface area contributed by atoms with Gasteiger partial charge in [-0.15, -0.1) is 0 Å². The molecule has 0 atom stereocenters. The third-order valence-electron chi connectivity index (χ3n) is 10.5. The zero-order chi connectivity index (χ0) is 35.8. The van der Waals surface area contributed by atoms with Crippen molar-refractivity contribution >= 4 is 49.8 Å². The normalized spacial score (nSPS) is 11.3. The molecule has 0 saturated heterocycles. The fourth-order valence-electron chi connectivity index (χ4n) is 7.73. The fraction of sp³-hybridized carbons (Fsp3) is 0. The highest BCUT2D eigenvalue weighted by atomic mass is 16.3. The molecule has 0 saturated carbocycles. The van der Waals surface area contributed by atoms with Crippen molar-refractivity contribution in [2.75, 3.05) is 4.90 Å². The second-order valence-electron chi connectivity index (χ2n) is 13.8. The van der Waals surface area contributed by atoms with Crippen LogP contribution in [0.15, 0.2) is 217 Å². The molecule has 10 aromatic rings. The lowest BCUT2D eigenvalue weighted by Gasteiger charge is -2.26. The summed E-state index contributed by atoms with van der Waals surface area (Å²) < 4.78 is 6.58. The molecule has 0 N–H and O–H groups in total. The molecule has 0 fully saturated rings. The molecule has 0 unspecified atom stereocenters. The van der Waals surface area contributed by atoms with Crippen LogP contribution in [0.5, 0.6) is 0 Å². The summed E-state index contributed by atoms with van der Waals surface area (Å²) in [5.41, 5.74) is 14.5. The molecule has 0 spiro atoms. The van der Waals surface area contributed by atoms with Crippen LogP contribution < -0.4 is 4.90 Å². The molecule has 10 rings (SSSR count). The first kappa shape index (κ1) is 31.6. The maximum Gasteiger partial charge on any atom is 0.137 e. The molecule has 0 amide bonds. The van der Waals surface area contributed by atoms with Crippen molar-refractivity contribution in [3.8, 4) is 44.5 Å². The van der Waals surface area contributed by atoms with E-state index in [9.17, 15) is 0 Å². The SMILES string of the molecule is c1ccc(-c2ccc(N(c3ccc(-c4ccc5c(-c6ccccc6)cccc5c4)cc3)c3ccc4c(c3)oc3cc(-c5ccccc5)ccc34)cc2)cc1. The standard InChI is InChI=1S/C52H35NO/c1-4-11-36(12-5-1)38-19-25-44(26-20-38)53(46-29-32-50-49-31-24-42(37-13-6-2-7-14-37)34-51(49)54-52(50)35-46)45-27-21-39(22-28-45)41-23-30-48-43(33-41)17-10-18-47(48)40-15-8-3-9-16-40/h1-35H. The lowest BCUT2D eigenvalue weighted by atomic mass is 9.95. The number of anilines is 3. The van der Waals surface area contributed by atoms with E-state index >= 15 is 0 Å². The number of hydrogen-bond acceptors (Lipinski definition) is 2. The Morgan fingerprint density at radius 1 is 0.278 bits per heavy atom. The average molecular weight is 690 g/mol. The van der Waals surface area contributed by atoms with E-state index in [1.54, 1.807) is 0 Å². The van der Waals surface area contributed by atoms with Gasteiger partial charge in [-0.2, -0.15) is 0 Å². The third-order valence-corrected chi connectivity index (χ3v) is 10.5. The maximum atomic E-state index is 6.58. The van der Waals surface area contributed by atoms with Gasteiger partial charge in [-0.1, -0.05) is 152 Å². The van der Waals surface area contributed by atoms with E-state index < -0.39 is 0 Å². The first-order valence-corrected chi connectivity index (χ1v) is 18.4. The predicted molar refractivity (Wildman–Crippen MR) is 228 cm³/mol. The summed E-state index contributed by atoms with van der Waals surface area (Å²) >= 11 is 0. The molecule has 254 valence electrons. The monoisotopic (exact) mass is 689 g/mol. The fourth-order valence-corrected chi connectivity index (χ4v) is 7.73. The lowest BCUT2D eigenvalue weighted by Crippen LogP contribution is -2.09. The van der Waals surface area contributed by atoms with E-state index in [2.05, 4.69) is 211 Å². The molecular weight excluding hydrogens is 655 g/mol. The maximum absolute atomic E-state index is 6.58. The molecular formula is C52H35NO. The molecule has 0 aliphatic carbocycles. The van der Waals surface area contributed by atoms with Crippen molar-refractivity contribution in [2.24, 2.45) is 0 Å². The number of nitrogens with zero attached hydrogens (tertiary/aromatic N) is 1. The second-order valence-corrected chi connectivity index (χ2v) is 13.8. The van der Waals surface area contributed by atoms with Gasteiger partial charge < -0.3 is 9.32 Å². The summed E-state index contributed by atoms with van der Waals surface area (Å²) in [6.45, 7) is 0. The minimum absolute atomic E-state index is 0.862. The summed E-state index contributed by atoms with van der Waals surface area (Å²) in [7, 11) is 0. The summed E-state index contributed by atoms with van der Waals surface area (Å²) in [5, 5.41) is 4.71. The van der Waals surface area contributed by atoms with Gasteiger partial charge in [0, 0.05) is 33.9 Å². The van der Waals surface area contributed by atoms with Crippen molar-refractivity contribution in [2.45, 2.75) is 0 Å². The molecule has 1 heterocycles. The van der Waals surface area contributed by atoms with Gasteiger partial charge in [0.2, 0.25) is 0 Å². The van der Waals surface area contributed by atoms with Gasteiger partial charge in [0.15, 0.2) is 0 Å². The molecule has 0 bridgehead atoms. The van der Waals surface area contributed by atoms with Crippen LogP contribution >= 0.6 is 0 Å². The van der Waals surface area contributed by atoms with Crippen molar-refractivity contribution in [3.05, 3.63) is 212 Å². The van der Waals surface area contributed by atoms with Crippen LogP contribution in [0.4, 0.5) is 17.1 Å². The van der Waals surface area contributed by atoms with Crippen LogP contribution in [0, 0.1) is 0 Å². The number of furan rings is 1. The zero-order valence-electron chi connectivity index (χ0n) is 29.6. The van der Waals surface area contributed by atoms with Crippen molar-refractivity contribution in [1.82, 2.24) is 0 Å². The van der Waals surface area contributed by atoms with Crippen LogP contribution in [-0.2, 0) is 0 Å². The van der Waals surface area contributed by atoms with E-state index in [1.165, 1.54) is 49.7 Å². The zero-order valence-corrected chi connectivity index (χ0v) is 29.6. The quantitative estimate of drug-likeness (QED) is 0.166. The van der Waals surface area contributed by atoms with E-state index in [0.717, 1.165) is 44.6 Å². The Morgan fingerprint density at radius 2 is 0.722 bits per heavy atom. The molecule has 0 aliphatic heterocycles. The van der Waals surface area contributed by atoms with Crippen LogP contribution in [0.25, 0.3) is 77.2 Å². The molecule has 2 nitrogen and oxygen atoms in total. The van der Waals surface area contributed by atoms with Gasteiger partial charge in [0.25, 0.3) is 0 Å². The molecule has 0 radical (unpaired) electrons.